The molecule has 0 N–H and O–H groups in total. The summed E-state index contributed by atoms with van der Waals surface area (Å²) in [5, 5.41) is 0. The Morgan fingerprint density at radius 2 is 1.77 bits per heavy atom. The summed E-state index contributed by atoms with van der Waals surface area (Å²) in [7, 11) is 1.87. The monoisotopic (exact) mass is 296 g/mol. The highest BCUT2D eigenvalue weighted by molar-refractivity contribution is 14.1. The van der Waals surface area contributed by atoms with Gasteiger partial charge in [-0.3, -0.25) is 4.79 Å². The molecule has 76 valence electrons. The molecule has 13 heavy (non-hydrogen) atoms. The molecule has 0 aliphatic carbocycles. The fourth-order valence-electron chi connectivity index (χ4n) is 2.02. The topological polar surface area (TPSA) is 23.6 Å². The molecule has 0 aromatic heterocycles. The second-order valence-corrected chi connectivity index (χ2v) is 5.78. The molecule has 0 aromatic carbocycles. The van der Waals surface area contributed by atoms with Crippen molar-refractivity contribution in [3.8, 4) is 0 Å². The maximum Gasteiger partial charge on any atom is 0.243 e. The fourth-order valence-corrected chi connectivity index (χ4v) is 2.38. The van der Waals surface area contributed by atoms with Gasteiger partial charge < -0.3 is 4.90 Å². The smallest absolute Gasteiger partial charge is 0.243 e. The maximum atomic E-state index is 11.8. The summed E-state index contributed by atoms with van der Waals surface area (Å²) in [6.07, 6.45) is 0. The lowest BCUT2D eigenvalue weighted by atomic mass is 9.91. The highest BCUT2D eigenvalue weighted by Gasteiger charge is 2.48. The average molecular weight is 296 g/mol. The van der Waals surface area contributed by atoms with Crippen LogP contribution in [0.5, 0.6) is 0 Å². The van der Waals surface area contributed by atoms with Crippen LogP contribution in [0.1, 0.15) is 27.7 Å². The van der Waals surface area contributed by atoms with Gasteiger partial charge in [0.15, 0.2) is 0 Å². The quantitative estimate of drug-likeness (QED) is 0.501. The predicted octanol–water partition coefficient (Wildman–Crippen LogP) is 1.67. The van der Waals surface area contributed by atoms with Gasteiger partial charge in [-0.1, -0.05) is 0 Å². The van der Waals surface area contributed by atoms with Gasteiger partial charge in [-0.05, 0) is 27.7 Å². The van der Waals surface area contributed by atoms with Gasteiger partial charge in [0.25, 0.3) is 0 Å². The molecular weight excluding hydrogens is 279 g/mol. The van der Waals surface area contributed by atoms with Crippen LogP contribution < -0.4 is 0 Å². The molecule has 0 unspecified atom stereocenters. The van der Waals surface area contributed by atoms with E-state index in [1.807, 2.05) is 25.8 Å². The normalized spacial score (nSPS) is 27.8. The summed E-state index contributed by atoms with van der Waals surface area (Å²) in [5.74, 6) is 0.196. The number of nitrogens with zero attached hydrogens (tertiary/aromatic N) is 2. The highest BCUT2D eigenvalue weighted by atomic mass is 127. The number of carbonyl (C=O) groups is 1. The first-order chi connectivity index (χ1) is 5.69. The van der Waals surface area contributed by atoms with Crippen molar-refractivity contribution >= 4 is 28.8 Å². The lowest BCUT2D eigenvalue weighted by molar-refractivity contribution is -0.147. The molecule has 0 atom stereocenters. The Labute approximate surface area is 94.0 Å². The minimum Gasteiger partial charge on any atom is -0.342 e. The first kappa shape index (κ1) is 11.2. The summed E-state index contributed by atoms with van der Waals surface area (Å²) >= 11 is 2.25. The van der Waals surface area contributed by atoms with Crippen LogP contribution in [0, 0.1) is 0 Å². The molecule has 1 aliphatic heterocycles. The molecule has 0 radical (unpaired) electrons. The van der Waals surface area contributed by atoms with E-state index in [2.05, 4.69) is 39.8 Å². The average Bonchev–Trinajstić information content (AvgIpc) is 1.98. The number of hydrogen-bond acceptors (Lipinski definition) is 2. The maximum absolute atomic E-state index is 11.8. The molecule has 4 heteroatoms. The van der Waals surface area contributed by atoms with Crippen LogP contribution in [0.25, 0.3) is 0 Å². The SMILES string of the molecule is CN1CC(C)(C)N(I)C(C)(C)C1=O. The molecule has 1 heterocycles. The minimum atomic E-state index is -0.392. The summed E-state index contributed by atoms with van der Waals surface area (Å²) in [6.45, 7) is 9.05. The number of amides is 1. The van der Waals surface area contributed by atoms with E-state index in [-0.39, 0.29) is 11.4 Å². The van der Waals surface area contributed by atoms with Crippen LogP contribution >= 0.6 is 22.9 Å². The first-order valence-electron chi connectivity index (χ1n) is 4.41. The second-order valence-electron chi connectivity index (χ2n) is 4.81. The third kappa shape index (κ3) is 1.70. The Hall–Kier alpha value is 0.160. The van der Waals surface area contributed by atoms with Gasteiger partial charge in [0, 0.05) is 42.0 Å². The van der Waals surface area contributed by atoms with Crippen molar-refractivity contribution in [2.75, 3.05) is 13.6 Å². The Kier molecular flexibility index (Phi) is 2.67. The van der Waals surface area contributed by atoms with Crippen molar-refractivity contribution in [1.29, 1.82) is 0 Å². The number of carbonyl (C=O) groups excluding carboxylic acids is 1. The molecule has 1 saturated heterocycles. The largest absolute Gasteiger partial charge is 0.342 e. The van der Waals surface area contributed by atoms with E-state index in [0.29, 0.717) is 0 Å². The first-order valence-corrected chi connectivity index (χ1v) is 5.38. The van der Waals surface area contributed by atoms with Crippen LogP contribution in [-0.4, -0.2) is 38.6 Å². The zero-order valence-electron chi connectivity index (χ0n) is 8.89. The Morgan fingerprint density at radius 1 is 1.31 bits per heavy atom. The standard InChI is InChI=1S/C9H17IN2O/c1-8(2)6-11(5)7(13)9(3,4)12(8)10/h6H2,1-5H3. The Balaban J connectivity index is 3.03. The number of piperazine rings is 1. The number of rotatable bonds is 0. The molecule has 0 saturated carbocycles. The molecule has 1 amide bonds. The molecule has 1 rings (SSSR count). The van der Waals surface area contributed by atoms with Gasteiger partial charge in [0.05, 0.1) is 0 Å². The summed E-state index contributed by atoms with van der Waals surface area (Å²) in [6, 6.07) is 0. The molecule has 0 bridgehead atoms. The van der Waals surface area contributed by atoms with Gasteiger partial charge in [0.1, 0.15) is 5.54 Å². The van der Waals surface area contributed by atoms with E-state index in [1.54, 1.807) is 0 Å². The lowest BCUT2D eigenvalue weighted by Gasteiger charge is -2.51. The number of halogens is 1. The van der Waals surface area contributed by atoms with Crippen molar-refractivity contribution < 1.29 is 4.79 Å². The zero-order valence-corrected chi connectivity index (χ0v) is 11.0. The molecule has 3 nitrogen and oxygen atoms in total. The molecule has 1 fully saturated rings. The minimum absolute atomic E-state index is 0.0483. The number of hydrogen-bond donors (Lipinski definition) is 0. The van der Waals surface area contributed by atoms with Gasteiger partial charge in [-0.25, -0.2) is 3.11 Å². The van der Waals surface area contributed by atoms with Crippen molar-refractivity contribution in [1.82, 2.24) is 8.01 Å². The zero-order chi connectivity index (χ0) is 10.4. The van der Waals surface area contributed by atoms with Gasteiger partial charge in [-0.15, -0.1) is 0 Å². The van der Waals surface area contributed by atoms with Crippen molar-refractivity contribution in [2.45, 2.75) is 38.8 Å². The van der Waals surface area contributed by atoms with Gasteiger partial charge in [-0.2, -0.15) is 0 Å². The van der Waals surface area contributed by atoms with Crippen LogP contribution in [0.3, 0.4) is 0 Å². The predicted molar refractivity (Wildman–Crippen MR) is 61.7 cm³/mol. The Bertz CT molecular complexity index is 238. The van der Waals surface area contributed by atoms with Crippen molar-refractivity contribution in [3.05, 3.63) is 0 Å². The second kappa shape index (κ2) is 3.08. The van der Waals surface area contributed by atoms with E-state index in [4.69, 9.17) is 0 Å². The summed E-state index contributed by atoms with van der Waals surface area (Å²) in [4.78, 5) is 13.6. The molecule has 0 spiro atoms. The highest BCUT2D eigenvalue weighted by Crippen LogP contribution is 2.35. The lowest BCUT2D eigenvalue weighted by Crippen LogP contribution is -2.66. The third-order valence-corrected chi connectivity index (χ3v) is 5.03. The molecule has 0 aromatic rings. The van der Waals surface area contributed by atoms with E-state index < -0.39 is 5.54 Å². The van der Waals surface area contributed by atoms with Crippen LogP contribution in [0.15, 0.2) is 0 Å². The van der Waals surface area contributed by atoms with Crippen molar-refractivity contribution in [2.24, 2.45) is 0 Å². The van der Waals surface area contributed by atoms with Gasteiger partial charge in [0.2, 0.25) is 5.91 Å². The van der Waals surface area contributed by atoms with E-state index in [1.165, 1.54) is 0 Å². The summed E-state index contributed by atoms with van der Waals surface area (Å²) < 4.78 is 2.13. The van der Waals surface area contributed by atoms with Crippen LogP contribution in [-0.2, 0) is 4.79 Å². The van der Waals surface area contributed by atoms with Crippen molar-refractivity contribution in [3.63, 3.8) is 0 Å². The van der Waals surface area contributed by atoms with Crippen LogP contribution in [0.2, 0.25) is 0 Å². The third-order valence-electron chi connectivity index (χ3n) is 2.52. The summed E-state index contributed by atoms with van der Waals surface area (Å²) in [5.41, 5.74) is -0.343. The van der Waals surface area contributed by atoms with E-state index in [9.17, 15) is 4.79 Å². The molecular formula is C9H17IN2O. The Morgan fingerprint density at radius 3 is 2.23 bits per heavy atom. The van der Waals surface area contributed by atoms with E-state index >= 15 is 0 Å². The van der Waals surface area contributed by atoms with Crippen LogP contribution in [0.4, 0.5) is 0 Å². The number of likely N-dealkylation sites (N-methyl/N-ethyl adjacent to an activating group) is 1. The fraction of sp³-hybridized carbons (Fsp3) is 0.889. The van der Waals surface area contributed by atoms with E-state index in [0.717, 1.165) is 6.54 Å². The van der Waals surface area contributed by atoms with Gasteiger partial charge >= 0.3 is 0 Å². The molecule has 1 aliphatic rings.